The quantitative estimate of drug-likeness (QED) is 0.246. The number of anilines is 2. The van der Waals surface area contributed by atoms with Gasteiger partial charge in [0.05, 0.1) is 17.8 Å². The van der Waals surface area contributed by atoms with Gasteiger partial charge in [-0.05, 0) is 29.8 Å². The number of Topliss-reactive ketones (excluding diaryl/α,β-unsaturated/α-hetero) is 1. The molecule has 1 aromatic heterocycles. The van der Waals surface area contributed by atoms with Crippen LogP contribution >= 0.6 is 23.2 Å². The predicted octanol–water partition coefficient (Wildman–Crippen LogP) is 6.41. The van der Waals surface area contributed by atoms with Crippen LogP contribution in [0, 0.1) is 0 Å². The number of aromatic nitrogens is 1. The molecule has 0 aliphatic heterocycles. The molecule has 4 rings (SSSR count). The molecule has 0 unspecified atom stereocenters. The summed E-state index contributed by atoms with van der Waals surface area (Å²) in [7, 11) is 0. The van der Waals surface area contributed by atoms with Gasteiger partial charge in [0, 0.05) is 53.6 Å². The van der Waals surface area contributed by atoms with Crippen molar-refractivity contribution in [2.45, 2.75) is 6.42 Å². The van der Waals surface area contributed by atoms with Gasteiger partial charge in [-0.15, -0.1) is 23.2 Å². The molecule has 0 spiro atoms. The second kappa shape index (κ2) is 11.9. The lowest BCUT2D eigenvalue weighted by Gasteiger charge is -2.23. The molecule has 34 heavy (non-hydrogen) atoms. The summed E-state index contributed by atoms with van der Waals surface area (Å²) in [6.45, 7) is 1.72. The van der Waals surface area contributed by atoms with Gasteiger partial charge in [-0.3, -0.25) is 4.79 Å². The van der Waals surface area contributed by atoms with E-state index in [1.165, 1.54) is 0 Å². The van der Waals surface area contributed by atoms with E-state index in [2.05, 4.69) is 10.2 Å². The van der Waals surface area contributed by atoms with Gasteiger partial charge in [0.15, 0.2) is 5.78 Å². The number of rotatable bonds is 11. The summed E-state index contributed by atoms with van der Waals surface area (Å²) in [5, 5.41) is 4.35. The van der Waals surface area contributed by atoms with Crippen LogP contribution in [0.4, 0.5) is 11.4 Å². The third kappa shape index (κ3) is 6.07. The number of hydrogen-bond donors (Lipinski definition) is 1. The lowest BCUT2D eigenvalue weighted by molar-refractivity contribution is -0.116. The average Bonchev–Trinajstić information content (AvgIpc) is 2.88. The minimum atomic E-state index is 0.119. The molecule has 1 heterocycles. The fourth-order valence-electron chi connectivity index (χ4n) is 3.96. The Hall–Kier alpha value is -3.08. The van der Waals surface area contributed by atoms with Crippen LogP contribution in [0.2, 0.25) is 0 Å². The number of nitrogens with one attached hydrogen (secondary N) is 1. The number of halogens is 2. The lowest BCUT2D eigenvalue weighted by atomic mass is 10.1. The van der Waals surface area contributed by atoms with Gasteiger partial charge in [0.1, 0.15) is 0 Å². The van der Waals surface area contributed by atoms with E-state index in [0.29, 0.717) is 18.2 Å². The monoisotopic (exact) mass is 491 g/mol. The van der Waals surface area contributed by atoms with Crippen molar-refractivity contribution in [2.24, 2.45) is 0 Å². The summed E-state index contributed by atoms with van der Waals surface area (Å²) >= 11 is 11.8. The normalized spacial score (nSPS) is 10.9. The Labute approximate surface area is 210 Å². The highest BCUT2D eigenvalue weighted by Gasteiger charge is 2.11. The molecule has 4 aromatic rings. The van der Waals surface area contributed by atoms with Crippen molar-refractivity contribution in [1.29, 1.82) is 0 Å². The van der Waals surface area contributed by atoms with Crippen molar-refractivity contribution in [3.63, 3.8) is 0 Å². The Kier molecular flexibility index (Phi) is 8.40. The highest BCUT2D eigenvalue weighted by atomic mass is 35.5. The van der Waals surface area contributed by atoms with E-state index in [9.17, 15) is 4.79 Å². The van der Waals surface area contributed by atoms with Crippen molar-refractivity contribution in [2.75, 3.05) is 41.6 Å². The largest absolute Gasteiger partial charge is 0.377 e. The first-order valence-electron chi connectivity index (χ1n) is 11.3. The second-order valence-electron chi connectivity index (χ2n) is 8.04. The summed E-state index contributed by atoms with van der Waals surface area (Å²) < 4.78 is 0. The number of benzene rings is 3. The van der Waals surface area contributed by atoms with Crippen molar-refractivity contribution < 1.29 is 4.79 Å². The number of carbonyl (C=O) groups is 1. The minimum absolute atomic E-state index is 0.119. The number of alkyl halides is 2. The zero-order valence-electron chi connectivity index (χ0n) is 18.9. The van der Waals surface area contributed by atoms with E-state index in [1.807, 2.05) is 84.9 Å². The smallest absolute Gasteiger partial charge is 0.156 e. The van der Waals surface area contributed by atoms with Crippen LogP contribution in [0.25, 0.3) is 22.2 Å². The Morgan fingerprint density at radius 3 is 2.24 bits per heavy atom. The number of fused-ring (bicyclic) bond motifs is 1. The molecule has 0 atom stereocenters. The molecule has 0 saturated heterocycles. The van der Waals surface area contributed by atoms with E-state index in [4.69, 9.17) is 28.2 Å². The molecule has 0 bridgehead atoms. The number of ketones is 1. The molecule has 174 valence electrons. The van der Waals surface area contributed by atoms with Gasteiger partial charge in [-0.25, -0.2) is 4.98 Å². The SMILES string of the molecule is O=C(CNc1cc(-c2ccccc2)nc2ccccc12)Cc1ccc(N(CCCl)CCCl)cc1. The van der Waals surface area contributed by atoms with Crippen LogP contribution in [0.1, 0.15) is 5.56 Å². The average molecular weight is 492 g/mol. The first kappa shape index (κ1) is 24.1. The zero-order chi connectivity index (χ0) is 23.8. The Balaban J connectivity index is 1.45. The topological polar surface area (TPSA) is 45.2 Å². The number of hydrogen-bond acceptors (Lipinski definition) is 4. The minimum Gasteiger partial charge on any atom is -0.377 e. The molecule has 1 N–H and O–H groups in total. The van der Waals surface area contributed by atoms with Gasteiger partial charge in [0.25, 0.3) is 0 Å². The van der Waals surface area contributed by atoms with Crippen molar-refractivity contribution in [3.05, 3.63) is 90.5 Å². The fraction of sp³-hybridized carbons (Fsp3) is 0.214. The van der Waals surface area contributed by atoms with E-state index >= 15 is 0 Å². The summed E-state index contributed by atoms with van der Waals surface area (Å²) in [4.78, 5) is 19.7. The molecule has 3 aromatic carbocycles. The van der Waals surface area contributed by atoms with Crippen LogP contribution in [0.5, 0.6) is 0 Å². The second-order valence-corrected chi connectivity index (χ2v) is 8.79. The lowest BCUT2D eigenvalue weighted by Crippen LogP contribution is -2.27. The van der Waals surface area contributed by atoms with Crippen LogP contribution in [0.15, 0.2) is 84.9 Å². The maximum absolute atomic E-state index is 12.8. The van der Waals surface area contributed by atoms with Crippen molar-refractivity contribution >= 4 is 51.3 Å². The first-order valence-corrected chi connectivity index (χ1v) is 12.4. The maximum Gasteiger partial charge on any atom is 0.156 e. The molecule has 0 aliphatic carbocycles. The molecular weight excluding hydrogens is 465 g/mol. The Morgan fingerprint density at radius 1 is 0.853 bits per heavy atom. The van der Waals surface area contributed by atoms with Crippen molar-refractivity contribution in [3.8, 4) is 11.3 Å². The van der Waals surface area contributed by atoms with Crippen LogP contribution in [-0.2, 0) is 11.2 Å². The Bertz CT molecular complexity index is 1220. The summed E-state index contributed by atoms with van der Waals surface area (Å²) in [5.41, 5.74) is 5.77. The van der Waals surface area contributed by atoms with Gasteiger partial charge in [0.2, 0.25) is 0 Å². The molecule has 0 saturated carbocycles. The molecular formula is C28H27Cl2N3O. The zero-order valence-corrected chi connectivity index (χ0v) is 20.4. The van der Waals surface area contributed by atoms with Crippen LogP contribution in [-0.4, -0.2) is 42.2 Å². The Morgan fingerprint density at radius 2 is 1.53 bits per heavy atom. The number of nitrogens with zero attached hydrogens (tertiary/aromatic N) is 2. The molecule has 0 fully saturated rings. The number of para-hydroxylation sites is 1. The van der Waals surface area contributed by atoms with E-state index in [-0.39, 0.29) is 12.3 Å². The van der Waals surface area contributed by atoms with E-state index in [1.54, 1.807) is 0 Å². The maximum atomic E-state index is 12.8. The van der Waals surface area contributed by atoms with Gasteiger partial charge >= 0.3 is 0 Å². The molecule has 6 heteroatoms. The van der Waals surface area contributed by atoms with Crippen molar-refractivity contribution in [1.82, 2.24) is 4.98 Å². The highest BCUT2D eigenvalue weighted by Crippen LogP contribution is 2.28. The predicted molar refractivity (Wildman–Crippen MR) is 144 cm³/mol. The first-order chi connectivity index (χ1) is 16.7. The number of carbonyl (C=O) groups excluding carboxylic acids is 1. The standard InChI is InChI=1S/C28H27Cl2N3O/c29-14-16-33(17-15-30)23-12-10-21(11-13-23)18-24(34)20-31-28-19-27(22-6-2-1-3-7-22)32-26-9-5-4-8-25(26)28/h1-13,19H,14-18,20H2,(H,31,32). The third-order valence-electron chi connectivity index (χ3n) is 5.67. The summed E-state index contributed by atoms with van der Waals surface area (Å²) in [6.07, 6.45) is 0.368. The highest BCUT2D eigenvalue weighted by molar-refractivity contribution is 6.18. The molecule has 0 radical (unpaired) electrons. The van der Waals surface area contributed by atoms with Gasteiger partial charge < -0.3 is 10.2 Å². The van der Waals surface area contributed by atoms with Gasteiger partial charge in [-0.1, -0.05) is 60.7 Å². The van der Waals surface area contributed by atoms with Crippen LogP contribution in [0.3, 0.4) is 0 Å². The third-order valence-corrected chi connectivity index (χ3v) is 6.01. The van der Waals surface area contributed by atoms with Gasteiger partial charge in [-0.2, -0.15) is 0 Å². The molecule has 0 aliphatic rings. The fourth-order valence-corrected chi connectivity index (χ4v) is 4.37. The van der Waals surface area contributed by atoms with E-state index in [0.717, 1.165) is 52.2 Å². The number of pyridine rings is 1. The summed E-state index contributed by atoms with van der Waals surface area (Å²) in [6, 6.07) is 28.1. The van der Waals surface area contributed by atoms with Crippen LogP contribution < -0.4 is 10.2 Å². The summed E-state index contributed by atoms with van der Waals surface area (Å²) in [5.74, 6) is 1.20. The molecule has 0 amide bonds. The molecule has 4 nitrogen and oxygen atoms in total. The van der Waals surface area contributed by atoms with E-state index < -0.39 is 0 Å².